The van der Waals surface area contributed by atoms with Gasteiger partial charge in [-0.15, -0.1) is 0 Å². The third-order valence-electron chi connectivity index (χ3n) is 3.91. The molecule has 1 aliphatic rings. The average Bonchev–Trinajstić information content (AvgIpc) is 2.55. The maximum Gasteiger partial charge on any atom is 0.0875 e. The number of nitrogens with zero attached hydrogens (tertiary/aromatic N) is 1. The van der Waals surface area contributed by atoms with Crippen LogP contribution in [0.4, 0.5) is 0 Å². The molecule has 0 bridgehead atoms. The van der Waals surface area contributed by atoms with E-state index in [4.69, 9.17) is 10.5 Å². The number of rotatable bonds is 3. The van der Waals surface area contributed by atoms with Crippen molar-refractivity contribution in [2.24, 2.45) is 12.8 Å². The van der Waals surface area contributed by atoms with Crippen LogP contribution in [-0.4, -0.2) is 23.8 Å². The lowest BCUT2D eigenvalue weighted by atomic mass is 9.95. The molecule has 0 spiro atoms. The zero-order chi connectivity index (χ0) is 12.6. The molecule has 2 N–H and O–H groups in total. The summed E-state index contributed by atoms with van der Waals surface area (Å²) < 4.78 is 7.85. The highest BCUT2D eigenvalue weighted by Gasteiger charge is 2.23. The fraction of sp³-hybridized carbons (Fsp3) is 0.571. The topological polar surface area (TPSA) is 40.2 Å². The van der Waals surface area contributed by atoms with Crippen LogP contribution in [0.15, 0.2) is 0 Å². The summed E-state index contributed by atoms with van der Waals surface area (Å²) in [5, 5.41) is 2.62. The minimum absolute atomic E-state index is 0.176. The predicted octanol–water partition coefficient (Wildman–Crippen LogP) is 0.205. The van der Waals surface area contributed by atoms with Gasteiger partial charge in [0.05, 0.1) is 5.60 Å². The smallest absolute Gasteiger partial charge is 0.0875 e. The van der Waals surface area contributed by atoms with Gasteiger partial charge in [0.1, 0.15) is 0 Å². The molecule has 0 amide bonds. The first-order valence-corrected chi connectivity index (χ1v) is 6.15. The van der Waals surface area contributed by atoms with Crippen molar-refractivity contribution >= 4 is 12.2 Å². The van der Waals surface area contributed by atoms with Crippen molar-refractivity contribution in [3.8, 4) is 0 Å². The quantitative estimate of drug-likeness (QED) is 0.812. The fourth-order valence-electron chi connectivity index (χ4n) is 2.59. The molecule has 0 saturated carbocycles. The molecule has 1 heterocycles. The largest absolute Gasteiger partial charge is 0.374 e. The maximum atomic E-state index is 5.71. The number of ether oxygens (including phenoxy) is 1. The monoisotopic (exact) mass is 234 g/mol. The highest BCUT2D eigenvalue weighted by atomic mass is 16.5. The Hall–Kier alpha value is -1.06. The van der Waals surface area contributed by atoms with Crippen LogP contribution in [0.5, 0.6) is 0 Å². The van der Waals surface area contributed by atoms with Crippen molar-refractivity contribution in [2.75, 3.05) is 13.7 Å². The summed E-state index contributed by atoms with van der Waals surface area (Å²) in [4.78, 5) is 0. The molecule has 0 saturated heterocycles. The van der Waals surface area contributed by atoms with Gasteiger partial charge in [-0.1, -0.05) is 6.08 Å². The second-order valence-corrected chi connectivity index (χ2v) is 5.03. The molecule has 1 unspecified atom stereocenters. The van der Waals surface area contributed by atoms with Gasteiger partial charge < -0.3 is 15.0 Å². The lowest BCUT2D eigenvalue weighted by molar-refractivity contribution is 0.0673. The van der Waals surface area contributed by atoms with Crippen LogP contribution < -0.4 is 16.3 Å². The van der Waals surface area contributed by atoms with Gasteiger partial charge in [-0.05, 0) is 38.5 Å². The summed E-state index contributed by atoms with van der Waals surface area (Å²) in [6.07, 6.45) is 6.38. The second-order valence-electron chi connectivity index (χ2n) is 5.03. The number of nitrogens with two attached hydrogens (primary N) is 1. The van der Waals surface area contributed by atoms with E-state index in [9.17, 15) is 0 Å². The summed E-state index contributed by atoms with van der Waals surface area (Å²) in [6.45, 7) is 4.98. The zero-order valence-corrected chi connectivity index (χ0v) is 11.2. The number of hydrogen-bond acceptors (Lipinski definition) is 2. The molecule has 0 aromatic carbocycles. The SMILES string of the molecule is COC1(C)C=c2c(CCN)c(C)n(C)c2=CC1. The van der Waals surface area contributed by atoms with Gasteiger partial charge in [0.15, 0.2) is 0 Å². The van der Waals surface area contributed by atoms with Gasteiger partial charge in [-0.2, -0.15) is 0 Å². The Bertz CT molecular complexity index is 542. The average molecular weight is 234 g/mol. The highest BCUT2D eigenvalue weighted by molar-refractivity contribution is 5.49. The molecule has 2 rings (SSSR count). The number of fused-ring (bicyclic) bond motifs is 1. The normalized spacial score (nSPS) is 22.9. The van der Waals surface area contributed by atoms with Crippen LogP contribution >= 0.6 is 0 Å². The third-order valence-corrected chi connectivity index (χ3v) is 3.91. The number of hydrogen-bond donors (Lipinski definition) is 1. The Labute approximate surface area is 103 Å². The van der Waals surface area contributed by atoms with E-state index < -0.39 is 0 Å². The predicted molar refractivity (Wildman–Crippen MR) is 71.1 cm³/mol. The summed E-state index contributed by atoms with van der Waals surface area (Å²) in [7, 11) is 3.89. The summed E-state index contributed by atoms with van der Waals surface area (Å²) in [5.41, 5.74) is 8.21. The molecule has 3 nitrogen and oxygen atoms in total. The Balaban J connectivity index is 2.71. The second kappa shape index (κ2) is 4.31. The molecule has 17 heavy (non-hydrogen) atoms. The molecular formula is C14H22N2O. The first-order valence-electron chi connectivity index (χ1n) is 6.15. The van der Waals surface area contributed by atoms with Crippen molar-refractivity contribution in [3.63, 3.8) is 0 Å². The zero-order valence-electron chi connectivity index (χ0n) is 11.2. The molecule has 1 aromatic heterocycles. The van der Waals surface area contributed by atoms with E-state index in [0.717, 1.165) is 12.8 Å². The van der Waals surface area contributed by atoms with Gasteiger partial charge in [0.25, 0.3) is 0 Å². The van der Waals surface area contributed by atoms with Crippen LogP contribution in [-0.2, 0) is 18.2 Å². The van der Waals surface area contributed by atoms with Crippen molar-refractivity contribution in [2.45, 2.75) is 32.3 Å². The summed E-state index contributed by atoms with van der Waals surface area (Å²) in [5.74, 6) is 0. The first-order chi connectivity index (χ1) is 8.02. The Morgan fingerprint density at radius 3 is 2.82 bits per heavy atom. The lowest BCUT2D eigenvalue weighted by Crippen LogP contribution is -2.39. The maximum absolute atomic E-state index is 5.71. The van der Waals surface area contributed by atoms with Crippen LogP contribution in [0.1, 0.15) is 24.6 Å². The minimum Gasteiger partial charge on any atom is -0.374 e. The standard InChI is InChI=1S/C14H22N2O/c1-10-11(6-8-15)12-9-14(2,17-4)7-5-13(12)16(10)3/h5,9H,6-8,15H2,1-4H3. The third kappa shape index (κ3) is 1.94. The fourth-order valence-corrected chi connectivity index (χ4v) is 2.59. The Morgan fingerprint density at radius 2 is 2.24 bits per heavy atom. The molecule has 0 aliphatic heterocycles. The van der Waals surface area contributed by atoms with E-state index in [1.54, 1.807) is 7.11 Å². The van der Waals surface area contributed by atoms with Crippen LogP contribution in [0, 0.1) is 6.92 Å². The molecule has 94 valence electrons. The lowest BCUT2D eigenvalue weighted by Gasteiger charge is -2.24. The van der Waals surface area contributed by atoms with Gasteiger partial charge in [0, 0.05) is 36.8 Å². The number of aromatic nitrogens is 1. The Kier molecular flexibility index (Phi) is 3.15. The van der Waals surface area contributed by atoms with E-state index >= 15 is 0 Å². The van der Waals surface area contributed by atoms with Crippen molar-refractivity contribution < 1.29 is 4.74 Å². The van der Waals surface area contributed by atoms with E-state index in [1.165, 1.54) is 21.8 Å². The number of methoxy groups -OCH3 is 1. The van der Waals surface area contributed by atoms with Crippen molar-refractivity contribution in [1.29, 1.82) is 0 Å². The molecule has 1 aliphatic carbocycles. The van der Waals surface area contributed by atoms with Crippen molar-refractivity contribution in [1.82, 2.24) is 4.57 Å². The van der Waals surface area contributed by atoms with Crippen molar-refractivity contribution in [3.05, 3.63) is 21.8 Å². The first kappa shape index (κ1) is 12.4. The van der Waals surface area contributed by atoms with Crippen LogP contribution in [0.2, 0.25) is 0 Å². The van der Waals surface area contributed by atoms with E-state index in [2.05, 4.69) is 37.6 Å². The summed E-state index contributed by atoms with van der Waals surface area (Å²) >= 11 is 0. The molecular weight excluding hydrogens is 212 g/mol. The molecule has 1 atom stereocenters. The summed E-state index contributed by atoms with van der Waals surface area (Å²) in [6, 6.07) is 0. The highest BCUT2D eigenvalue weighted by Crippen LogP contribution is 2.19. The van der Waals surface area contributed by atoms with E-state index in [0.29, 0.717) is 6.54 Å². The Morgan fingerprint density at radius 1 is 1.53 bits per heavy atom. The molecule has 0 fully saturated rings. The van der Waals surface area contributed by atoms with Gasteiger partial charge in [0.2, 0.25) is 0 Å². The van der Waals surface area contributed by atoms with Crippen LogP contribution in [0.25, 0.3) is 12.2 Å². The minimum atomic E-state index is -0.176. The van der Waals surface area contributed by atoms with E-state index in [1.807, 2.05) is 0 Å². The van der Waals surface area contributed by atoms with E-state index in [-0.39, 0.29) is 5.60 Å². The van der Waals surface area contributed by atoms with Gasteiger partial charge in [-0.3, -0.25) is 0 Å². The van der Waals surface area contributed by atoms with Gasteiger partial charge in [-0.25, -0.2) is 0 Å². The van der Waals surface area contributed by atoms with Crippen LogP contribution in [0.3, 0.4) is 0 Å². The molecule has 3 heteroatoms. The molecule has 1 aromatic rings. The molecule has 0 radical (unpaired) electrons. The van der Waals surface area contributed by atoms with Gasteiger partial charge >= 0.3 is 0 Å².